The minimum absolute atomic E-state index is 0.205. The molecule has 0 aliphatic rings. The molecule has 7 nitrogen and oxygen atoms in total. The lowest BCUT2D eigenvalue weighted by atomic mass is 10.2. The molecule has 1 unspecified atom stereocenters. The van der Waals surface area contributed by atoms with Crippen LogP contribution in [0, 0.1) is 0 Å². The van der Waals surface area contributed by atoms with E-state index in [1.807, 2.05) is 0 Å². The van der Waals surface area contributed by atoms with Gasteiger partial charge in [0.2, 0.25) is 11.8 Å². The van der Waals surface area contributed by atoms with E-state index < -0.39 is 17.9 Å². The van der Waals surface area contributed by atoms with Crippen LogP contribution < -0.4 is 16.8 Å². The fourth-order valence-corrected chi connectivity index (χ4v) is 0.805. The maximum Gasteiger partial charge on any atom is 0.243 e. The van der Waals surface area contributed by atoms with E-state index >= 15 is 0 Å². The molecule has 14 heavy (non-hydrogen) atoms. The van der Waals surface area contributed by atoms with Crippen molar-refractivity contribution < 1.29 is 14.1 Å². The summed E-state index contributed by atoms with van der Waals surface area (Å²) in [5.74, 6) is -0.916. The summed E-state index contributed by atoms with van der Waals surface area (Å²) in [6, 6.07) is 0.485. The molecule has 0 aliphatic carbocycles. The molecule has 0 aliphatic heterocycles. The van der Waals surface area contributed by atoms with Gasteiger partial charge >= 0.3 is 0 Å². The summed E-state index contributed by atoms with van der Waals surface area (Å²) < 4.78 is 4.48. The molecule has 0 spiro atoms. The molecule has 1 aromatic rings. The van der Waals surface area contributed by atoms with Gasteiger partial charge in [0, 0.05) is 6.07 Å². The monoisotopic (exact) mass is 198 g/mol. The van der Waals surface area contributed by atoms with Crippen molar-refractivity contribution in [1.29, 1.82) is 0 Å². The van der Waals surface area contributed by atoms with Crippen LogP contribution in [0.15, 0.2) is 16.9 Å². The quantitative estimate of drug-likeness (QED) is 0.561. The van der Waals surface area contributed by atoms with Crippen LogP contribution in [0.1, 0.15) is 6.42 Å². The molecule has 0 saturated carbocycles. The van der Waals surface area contributed by atoms with Gasteiger partial charge in [-0.3, -0.25) is 9.59 Å². The number of anilines is 1. The second-order valence-corrected chi connectivity index (χ2v) is 2.65. The standard InChI is InChI=1S/C7H10N4O3/c8-4(3-5(9)12)7(13)10-6-1-2-14-11-6/h1-2,4H,3,8H2,(H2,9,12)(H,10,11,13). The topological polar surface area (TPSA) is 124 Å². The average Bonchev–Trinajstić information content (AvgIpc) is 2.55. The zero-order valence-corrected chi connectivity index (χ0v) is 7.27. The molecule has 1 atom stereocenters. The summed E-state index contributed by atoms with van der Waals surface area (Å²) >= 11 is 0. The van der Waals surface area contributed by atoms with Gasteiger partial charge in [-0.1, -0.05) is 5.16 Å². The Hall–Kier alpha value is -1.89. The van der Waals surface area contributed by atoms with E-state index in [2.05, 4.69) is 15.0 Å². The fraction of sp³-hybridized carbons (Fsp3) is 0.286. The van der Waals surface area contributed by atoms with Gasteiger partial charge in [0.05, 0.1) is 12.5 Å². The number of nitrogens with one attached hydrogen (secondary N) is 1. The number of nitrogens with zero attached hydrogens (tertiary/aromatic N) is 1. The van der Waals surface area contributed by atoms with Gasteiger partial charge in [0.25, 0.3) is 0 Å². The van der Waals surface area contributed by atoms with Crippen molar-refractivity contribution in [2.45, 2.75) is 12.5 Å². The van der Waals surface area contributed by atoms with Crippen LogP contribution in [0.4, 0.5) is 5.82 Å². The van der Waals surface area contributed by atoms with Crippen LogP contribution in [0.3, 0.4) is 0 Å². The number of hydrogen-bond acceptors (Lipinski definition) is 5. The maximum atomic E-state index is 11.2. The average molecular weight is 198 g/mol. The van der Waals surface area contributed by atoms with Crippen molar-refractivity contribution in [1.82, 2.24) is 5.16 Å². The van der Waals surface area contributed by atoms with E-state index in [0.717, 1.165) is 0 Å². The summed E-state index contributed by atoms with van der Waals surface area (Å²) in [6.07, 6.45) is 1.10. The van der Waals surface area contributed by atoms with Gasteiger partial charge < -0.3 is 21.3 Å². The zero-order chi connectivity index (χ0) is 10.6. The minimum atomic E-state index is -0.968. The van der Waals surface area contributed by atoms with Crippen LogP contribution in [-0.4, -0.2) is 23.0 Å². The Kier molecular flexibility index (Phi) is 3.19. The second kappa shape index (κ2) is 4.38. The first-order chi connectivity index (χ1) is 6.59. The minimum Gasteiger partial charge on any atom is -0.370 e. The van der Waals surface area contributed by atoms with E-state index in [-0.39, 0.29) is 12.2 Å². The molecule has 5 N–H and O–H groups in total. The highest BCUT2D eigenvalue weighted by molar-refractivity contribution is 5.96. The van der Waals surface area contributed by atoms with Gasteiger partial charge in [0.1, 0.15) is 6.26 Å². The van der Waals surface area contributed by atoms with E-state index in [1.165, 1.54) is 12.3 Å². The summed E-state index contributed by atoms with van der Waals surface area (Å²) in [7, 11) is 0. The van der Waals surface area contributed by atoms with Crippen LogP contribution in [-0.2, 0) is 9.59 Å². The first kappa shape index (κ1) is 10.2. The molecule has 0 radical (unpaired) electrons. The van der Waals surface area contributed by atoms with E-state index in [4.69, 9.17) is 11.5 Å². The first-order valence-corrected chi connectivity index (χ1v) is 3.84. The Bertz CT molecular complexity index is 322. The van der Waals surface area contributed by atoms with E-state index in [1.54, 1.807) is 0 Å². The number of carbonyl (C=O) groups excluding carboxylic acids is 2. The Labute approximate surface area is 79.4 Å². The van der Waals surface area contributed by atoms with Crippen LogP contribution in [0.5, 0.6) is 0 Å². The van der Waals surface area contributed by atoms with Gasteiger partial charge in [-0.05, 0) is 0 Å². The van der Waals surface area contributed by atoms with Gasteiger partial charge in [-0.2, -0.15) is 0 Å². The number of aromatic nitrogens is 1. The van der Waals surface area contributed by atoms with Crippen molar-refractivity contribution in [3.63, 3.8) is 0 Å². The molecule has 1 rings (SSSR count). The highest BCUT2D eigenvalue weighted by Gasteiger charge is 2.16. The van der Waals surface area contributed by atoms with Crippen LogP contribution in [0.2, 0.25) is 0 Å². The van der Waals surface area contributed by atoms with Gasteiger partial charge in [-0.25, -0.2) is 0 Å². The SMILES string of the molecule is NC(=O)CC(N)C(=O)Nc1ccon1. The smallest absolute Gasteiger partial charge is 0.243 e. The number of nitrogens with two attached hydrogens (primary N) is 2. The number of primary amides is 1. The molecular weight excluding hydrogens is 188 g/mol. The lowest BCUT2D eigenvalue weighted by Gasteiger charge is -2.07. The summed E-state index contributed by atoms with van der Waals surface area (Å²) in [6.45, 7) is 0. The van der Waals surface area contributed by atoms with E-state index in [0.29, 0.717) is 0 Å². The summed E-state index contributed by atoms with van der Waals surface area (Å²) in [5.41, 5.74) is 10.2. The third-order valence-corrected chi connectivity index (χ3v) is 1.45. The number of carbonyl (C=O) groups is 2. The molecule has 0 aromatic carbocycles. The first-order valence-electron chi connectivity index (χ1n) is 3.84. The highest BCUT2D eigenvalue weighted by Crippen LogP contribution is 2.02. The molecule has 1 heterocycles. The van der Waals surface area contributed by atoms with Crippen molar-refractivity contribution in [2.75, 3.05) is 5.32 Å². The van der Waals surface area contributed by atoms with Gasteiger partial charge in [0.15, 0.2) is 5.82 Å². The molecule has 0 saturated heterocycles. The predicted octanol–water partition coefficient (Wildman–Crippen LogP) is -1.18. The summed E-state index contributed by atoms with van der Waals surface area (Å²) in [4.78, 5) is 21.7. The van der Waals surface area contributed by atoms with Crippen molar-refractivity contribution in [3.8, 4) is 0 Å². The Morgan fingerprint density at radius 1 is 1.64 bits per heavy atom. The molecule has 76 valence electrons. The fourth-order valence-electron chi connectivity index (χ4n) is 0.805. The molecule has 2 amide bonds. The Morgan fingerprint density at radius 3 is 2.86 bits per heavy atom. The van der Waals surface area contributed by atoms with Crippen molar-refractivity contribution in [2.24, 2.45) is 11.5 Å². The lowest BCUT2D eigenvalue weighted by Crippen LogP contribution is -2.39. The van der Waals surface area contributed by atoms with Crippen LogP contribution >= 0.6 is 0 Å². The predicted molar refractivity (Wildman–Crippen MR) is 46.9 cm³/mol. The third-order valence-electron chi connectivity index (χ3n) is 1.45. The lowest BCUT2D eigenvalue weighted by molar-refractivity contribution is -0.123. The normalized spacial score (nSPS) is 12.1. The number of amides is 2. The van der Waals surface area contributed by atoms with Crippen molar-refractivity contribution >= 4 is 17.6 Å². The molecule has 0 bridgehead atoms. The Balaban J connectivity index is 2.46. The Morgan fingerprint density at radius 2 is 2.36 bits per heavy atom. The zero-order valence-electron chi connectivity index (χ0n) is 7.27. The third kappa shape index (κ3) is 2.87. The summed E-state index contributed by atoms with van der Waals surface area (Å²) in [5, 5.41) is 5.79. The highest BCUT2D eigenvalue weighted by atomic mass is 16.5. The molecule has 7 heteroatoms. The number of hydrogen-bond donors (Lipinski definition) is 3. The van der Waals surface area contributed by atoms with E-state index in [9.17, 15) is 9.59 Å². The maximum absolute atomic E-state index is 11.2. The molecule has 1 aromatic heterocycles. The molecule has 0 fully saturated rings. The molecular formula is C7H10N4O3. The van der Waals surface area contributed by atoms with Gasteiger partial charge in [-0.15, -0.1) is 0 Å². The van der Waals surface area contributed by atoms with Crippen molar-refractivity contribution in [3.05, 3.63) is 12.3 Å². The van der Waals surface area contributed by atoms with Crippen LogP contribution in [0.25, 0.3) is 0 Å². The largest absolute Gasteiger partial charge is 0.370 e. The number of rotatable bonds is 4. The second-order valence-electron chi connectivity index (χ2n) is 2.65.